The molecule has 27 heavy (non-hydrogen) atoms. The highest BCUT2D eigenvalue weighted by atomic mass is 19.3. The van der Waals surface area contributed by atoms with Crippen molar-refractivity contribution in [3.8, 4) is 22.6 Å². The first kappa shape index (κ1) is 19.0. The lowest BCUT2D eigenvalue weighted by atomic mass is 9.91. The van der Waals surface area contributed by atoms with E-state index in [9.17, 15) is 13.2 Å². The van der Waals surface area contributed by atoms with E-state index in [1.165, 1.54) is 31.4 Å². The quantitative estimate of drug-likeness (QED) is 0.451. The van der Waals surface area contributed by atoms with Gasteiger partial charge < -0.3 is 9.47 Å². The molecule has 1 aliphatic heterocycles. The lowest BCUT2D eigenvalue weighted by molar-refractivity contribution is -0.190. The van der Waals surface area contributed by atoms with Crippen molar-refractivity contribution in [3.05, 3.63) is 64.8 Å². The Morgan fingerprint density at radius 1 is 0.963 bits per heavy atom. The van der Waals surface area contributed by atoms with E-state index in [1.54, 1.807) is 19.1 Å². The summed E-state index contributed by atoms with van der Waals surface area (Å²) in [4.78, 5) is 0. The Morgan fingerprint density at radius 2 is 1.63 bits per heavy atom. The fourth-order valence-electron chi connectivity index (χ4n) is 2.96. The summed E-state index contributed by atoms with van der Waals surface area (Å²) in [6.07, 6.45) is -0.604. The Kier molecular flexibility index (Phi) is 4.76. The second kappa shape index (κ2) is 6.76. The van der Waals surface area contributed by atoms with E-state index in [0.29, 0.717) is 5.57 Å². The van der Waals surface area contributed by atoms with Crippen molar-refractivity contribution in [3.63, 3.8) is 0 Å². The first-order chi connectivity index (χ1) is 12.7. The van der Waals surface area contributed by atoms with Gasteiger partial charge in [0.1, 0.15) is 11.4 Å². The molecule has 0 spiro atoms. The van der Waals surface area contributed by atoms with Crippen LogP contribution in [0.2, 0.25) is 0 Å². The fraction of sp³-hybridized carbons (Fsp3) is 0.238. The third-order valence-electron chi connectivity index (χ3n) is 4.33. The topological polar surface area (TPSA) is 18.5 Å². The molecule has 0 atom stereocenters. The van der Waals surface area contributed by atoms with Crippen LogP contribution in [0.15, 0.2) is 42.0 Å². The number of hydrogen-bond acceptors (Lipinski definition) is 2. The van der Waals surface area contributed by atoms with Crippen molar-refractivity contribution >= 4 is 5.57 Å². The number of hydrogen-bond donors (Lipinski definition) is 0. The molecule has 0 saturated carbocycles. The number of methoxy groups -OCH3 is 1. The van der Waals surface area contributed by atoms with Gasteiger partial charge in [-0.05, 0) is 38.5 Å². The molecule has 1 heterocycles. The highest BCUT2D eigenvalue weighted by molar-refractivity contribution is 5.80. The van der Waals surface area contributed by atoms with Gasteiger partial charge >= 0.3 is 6.11 Å². The van der Waals surface area contributed by atoms with E-state index in [2.05, 4.69) is 4.74 Å². The molecule has 2 aromatic carbocycles. The maximum atomic E-state index is 15.0. The minimum atomic E-state index is -4.02. The van der Waals surface area contributed by atoms with Gasteiger partial charge in [-0.1, -0.05) is 29.9 Å². The van der Waals surface area contributed by atoms with Gasteiger partial charge in [0.15, 0.2) is 11.5 Å². The van der Waals surface area contributed by atoms with Crippen molar-refractivity contribution in [1.82, 2.24) is 0 Å². The largest absolute Gasteiger partial charge is 0.494 e. The maximum absolute atomic E-state index is 15.0. The average Bonchev–Trinajstić information content (AvgIpc) is 2.60. The number of benzene rings is 2. The molecule has 2 nitrogen and oxygen atoms in total. The lowest BCUT2D eigenvalue weighted by Crippen LogP contribution is -2.29. The van der Waals surface area contributed by atoms with E-state index in [-0.39, 0.29) is 22.4 Å². The summed E-state index contributed by atoms with van der Waals surface area (Å²) in [6, 6.07) is 5.42. The lowest BCUT2D eigenvalue weighted by Gasteiger charge is -2.29. The average molecular weight is 378 g/mol. The predicted molar refractivity (Wildman–Crippen MR) is 96.0 cm³/mol. The molecule has 0 bridgehead atoms. The molecule has 142 valence electrons. The van der Waals surface area contributed by atoms with Crippen LogP contribution in [0.1, 0.15) is 31.9 Å². The first-order valence-electron chi connectivity index (χ1n) is 8.26. The third kappa shape index (κ3) is 3.20. The summed E-state index contributed by atoms with van der Waals surface area (Å²) < 4.78 is 68.0. The Hall–Kier alpha value is -2.76. The number of fused-ring (bicyclic) bond motifs is 3. The molecule has 0 aromatic heterocycles. The number of alkyl halides is 2. The van der Waals surface area contributed by atoms with Crippen LogP contribution in [0, 0.1) is 11.6 Å². The molecule has 0 amide bonds. The predicted octanol–water partition coefficient (Wildman–Crippen LogP) is 6.45. The summed E-state index contributed by atoms with van der Waals surface area (Å²) >= 11 is 0. The zero-order valence-electron chi connectivity index (χ0n) is 15.3. The molecule has 6 heteroatoms. The van der Waals surface area contributed by atoms with E-state index in [0.717, 1.165) is 5.57 Å². The van der Waals surface area contributed by atoms with E-state index < -0.39 is 29.1 Å². The van der Waals surface area contributed by atoms with Gasteiger partial charge in [0.25, 0.3) is 0 Å². The molecule has 3 rings (SSSR count). The molecule has 1 aliphatic rings. The fourth-order valence-corrected chi connectivity index (χ4v) is 2.96. The van der Waals surface area contributed by atoms with Crippen molar-refractivity contribution in [2.45, 2.75) is 26.9 Å². The first-order valence-corrected chi connectivity index (χ1v) is 8.26. The van der Waals surface area contributed by atoms with E-state index in [1.807, 2.05) is 13.8 Å². The molecule has 0 fully saturated rings. The SMILES string of the molecule is COc1ccc2c(c1F)OC(F)(F)c1c-2ccc(C(C)=CC=C(C)C)c1F. The maximum Gasteiger partial charge on any atom is 0.430 e. The Morgan fingerprint density at radius 3 is 2.26 bits per heavy atom. The summed E-state index contributed by atoms with van der Waals surface area (Å²) in [6.45, 7) is 5.37. The van der Waals surface area contributed by atoms with Crippen LogP contribution in [0.3, 0.4) is 0 Å². The summed E-state index contributed by atoms with van der Waals surface area (Å²) in [7, 11) is 1.22. The summed E-state index contributed by atoms with van der Waals surface area (Å²) in [5.41, 5.74) is 0.539. The molecule has 2 aromatic rings. The van der Waals surface area contributed by atoms with E-state index in [4.69, 9.17) is 4.74 Å². The highest BCUT2D eigenvalue weighted by Crippen LogP contribution is 2.51. The van der Waals surface area contributed by atoms with Crippen LogP contribution in [-0.2, 0) is 6.11 Å². The highest BCUT2D eigenvalue weighted by Gasteiger charge is 2.46. The minimum Gasteiger partial charge on any atom is -0.494 e. The molecule has 0 radical (unpaired) electrons. The Labute approximate surface area is 154 Å². The van der Waals surface area contributed by atoms with Gasteiger partial charge in [-0.3, -0.25) is 0 Å². The zero-order valence-corrected chi connectivity index (χ0v) is 15.3. The van der Waals surface area contributed by atoms with Crippen molar-refractivity contribution < 1.29 is 27.0 Å². The van der Waals surface area contributed by atoms with Crippen LogP contribution in [0.25, 0.3) is 16.7 Å². The van der Waals surface area contributed by atoms with Gasteiger partial charge in [0, 0.05) is 16.7 Å². The number of halogens is 4. The Balaban J connectivity index is 2.25. The van der Waals surface area contributed by atoms with Crippen LogP contribution < -0.4 is 9.47 Å². The number of allylic oxidation sites excluding steroid dienone is 4. The molecular formula is C21H18F4O2. The molecular weight excluding hydrogens is 360 g/mol. The second-order valence-electron chi connectivity index (χ2n) is 6.52. The van der Waals surface area contributed by atoms with Gasteiger partial charge in [-0.2, -0.15) is 13.2 Å². The summed E-state index contributed by atoms with van der Waals surface area (Å²) in [5.74, 6) is -3.03. The monoisotopic (exact) mass is 378 g/mol. The number of rotatable bonds is 3. The van der Waals surface area contributed by atoms with Gasteiger partial charge in [-0.25, -0.2) is 4.39 Å². The molecule has 0 N–H and O–H groups in total. The molecule has 0 aliphatic carbocycles. The normalized spacial score (nSPS) is 14.7. The summed E-state index contributed by atoms with van der Waals surface area (Å²) in [5, 5.41) is 0. The molecule has 0 unspecified atom stereocenters. The van der Waals surface area contributed by atoms with Crippen molar-refractivity contribution in [2.75, 3.05) is 7.11 Å². The van der Waals surface area contributed by atoms with E-state index >= 15 is 4.39 Å². The second-order valence-corrected chi connectivity index (χ2v) is 6.52. The number of ether oxygens (including phenoxy) is 2. The van der Waals surface area contributed by atoms with Crippen LogP contribution in [0.4, 0.5) is 17.6 Å². The van der Waals surface area contributed by atoms with Gasteiger partial charge in [0.05, 0.1) is 7.11 Å². The van der Waals surface area contributed by atoms with Crippen molar-refractivity contribution in [2.24, 2.45) is 0 Å². The zero-order chi connectivity index (χ0) is 19.9. The Bertz CT molecular complexity index is 971. The minimum absolute atomic E-state index is 0.0342. The van der Waals surface area contributed by atoms with Gasteiger partial charge in [0.2, 0.25) is 5.82 Å². The smallest absolute Gasteiger partial charge is 0.430 e. The van der Waals surface area contributed by atoms with Crippen molar-refractivity contribution in [1.29, 1.82) is 0 Å². The van der Waals surface area contributed by atoms with Gasteiger partial charge in [-0.15, -0.1) is 0 Å². The van der Waals surface area contributed by atoms with Crippen LogP contribution in [0.5, 0.6) is 11.5 Å². The van der Waals surface area contributed by atoms with Crippen LogP contribution >= 0.6 is 0 Å². The molecule has 0 saturated heterocycles. The third-order valence-corrected chi connectivity index (χ3v) is 4.33. The van der Waals surface area contributed by atoms with Crippen LogP contribution in [-0.4, -0.2) is 7.11 Å². The standard InChI is InChI=1S/C21H18F4O2/c1-11(2)5-6-12(3)13-7-8-14-15-9-10-16(26-4)19(23)20(15)27-21(24,25)17(14)18(13)22/h5-10H,1-4H3.